The summed E-state index contributed by atoms with van der Waals surface area (Å²) in [6.45, 7) is 2.08. The Morgan fingerprint density at radius 3 is 2.75 bits per heavy atom. The fraction of sp³-hybridized carbons (Fsp3) is 0.214. The molecular formula is C14H14BrN3O2. The number of halogens is 1. The lowest BCUT2D eigenvalue weighted by Gasteiger charge is -2.10. The van der Waals surface area contributed by atoms with Gasteiger partial charge in [0.2, 0.25) is 0 Å². The Bertz CT molecular complexity index is 614. The summed E-state index contributed by atoms with van der Waals surface area (Å²) in [6.07, 6.45) is 3.79. The number of ether oxygens (including phenoxy) is 1. The Morgan fingerprint density at radius 1 is 1.35 bits per heavy atom. The first-order valence-corrected chi connectivity index (χ1v) is 6.89. The molecule has 0 saturated heterocycles. The number of anilines is 2. The number of nitrogens with one attached hydrogen (secondary N) is 1. The van der Waals surface area contributed by atoms with Crippen molar-refractivity contribution < 1.29 is 9.53 Å². The molecule has 6 heteroatoms. The summed E-state index contributed by atoms with van der Waals surface area (Å²) in [4.78, 5) is 19.4. The van der Waals surface area contributed by atoms with Crippen LogP contribution >= 0.6 is 15.9 Å². The molecule has 0 fully saturated rings. The van der Waals surface area contributed by atoms with Gasteiger partial charge >= 0.3 is 5.97 Å². The molecule has 0 aliphatic heterocycles. The standard InChI is InChI=1S/C14H14BrN3O2/c1-3-9-6-10(15)4-5-11(9)18-13-8-16-12(7-17-13)14(19)20-2/h4-8H,3H2,1-2H3,(H,17,18). The summed E-state index contributed by atoms with van der Waals surface area (Å²) in [6, 6.07) is 5.98. The molecule has 104 valence electrons. The van der Waals surface area contributed by atoms with Crippen molar-refractivity contribution in [2.75, 3.05) is 12.4 Å². The Hall–Kier alpha value is -1.95. The average molecular weight is 336 g/mol. The van der Waals surface area contributed by atoms with Crippen molar-refractivity contribution in [2.24, 2.45) is 0 Å². The second kappa shape index (κ2) is 6.47. The van der Waals surface area contributed by atoms with Crippen LogP contribution in [0.15, 0.2) is 35.1 Å². The largest absolute Gasteiger partial charge is 0.464 e. The topological polar surface area (TPSA) is 64.1 Å². The van der Waals surface area contributed by atoms with E-state index in [0.717, 1.165) is 16.6 Å². The van der Waals surface area contributed by atoms with Gasteiger partial charge in [0.25, 0.3) is 0 Å². The third kappa shape index (κ3) is 3.33. The molecule has 0 spiro atoms. The van der Waals surface area contributed by atoms with Crippen LogP contribution in [-0.4, -0.2) is 23.0 Å². The molecule has 1 aromatic carbocycles. The molecule has 0 bridgehead atoms. The van der Waals surface area contributed by atoms with Gasteiger partial charge < -0.3 is 10.1 Å². The molecule has 0 atom stereocenters. The Labute approximate surface area is 125 Å². The third-order valence-electron chi connectivity index (χ3n) is 2.76. The summed E-state index contributed by atoms with van der Waals surface area (Å²) in [5, 5.41) is 3.19. The lowest BCUT2D eigenvalue weighted by atomic mass is 10.1. The highest BCUT2D eigenvalue weighted by Gasteiger charge is 2.08. The normalized spacial score (nSPS) is 10.2. The number of aryl methyl sites for hydroxylation is 1. The van der Waals surface area contributed by atoms with Gasteiger partial charge in [-0.1, -0.05) is 22.9 Å². The van der Waals surface area contributed by atoms with Crippen LogP contribution in [0, 0.1) is 0 Å². The highest BCUT2D eigenvalue weighted by atomic mass is 79.9. The molecular weight excluding hydrogens is 322 g/mol. The number of esters is 1. The molecule has 2 aromatic rings. The van der Waals surface area contributed by atoms with Crippen LogP contribution in [0.4, 0.5) is 11.5 Å². The van der Waals surface area contributed by atoms with Gasteiger partial charge in [0.15, 0.2) is 5.69 Å². The van der Waals surface area contributed by atoms with Crippen molar-refractivity contribution in [1.82, 2.24) is 9.97 Å². The van der Waals surface area contributed by atoms with Crippen LogP contribution in [-0.2, 0) is 11.2 Å². The van der Waals surface area contributed by atoms with E-state index >= 15 is 0 Å². The van der Waals surface area contributed by atoms with Crippen LogP contribution in [0.2, 0.25) is 0 Å². The van der Waals surface area contributed by atoms with Crippen LogP contribution in [0.5, 0.6) is 0 Å². The van der Waals surface area contributed by atoms with Crippen molar-refractivity contribution in [2.45, 2.75) is 13.3 Å². The maximum absolute atomic E-state index is 11.3. The second-order valence-corrected chi connectivity index (χ2v) is 4.97. The van der Waals surface area contributed by atoms with E-state index in [-0.39, 0.29) is 5.69 Å². The van der Waals surface area contributed by atoms with Gasteiger partial charge in [-0.2, -0.15) is 0 Å². The zero-order valence-corrected chi connectivity index (χ0v) is 12.8. The van der Waals surface area contributed by atoms with Crippen molar-refractivity contribution in [1.29, 1.82) is 0 Å². The fourth-order valence-electron chi connectivity index (χ4n) is 1.72. The SMILES string of the molecule is CCc1cc(Br)ccc1Nc1cnc(C(=O)OC)cn1. The first-order chi connectivity index (χ1) is 9.63. The fourth-order valence-corrected chi connectivity index (χ4v) is 2.13. The third-order valence-corrected chi connectivity index (χ3v) is 3.25. The van der Waals surface area contributed by atoms with Crippen LogP contribution in [0.1, 0.15) is 23.0 Å². The number of aromatic nitrogens is 2. The van der Waals surface area contributed by atoms with Crippen molar-refractivity contribution in [3.63, 3.8) is 0 Å². The number of methoxy groups -OCH3 is 1. The molecule has 0 amide bonds. The minimum absolute atomic E-state index is 0.185. The van der Waals surface area contributed by atoms with E-state index < -0.39 is 5.97 Å². The Kier molecular flexibility index (Phi) is 4.68. The number of nitrogens with zero attached hydrogens (tertiary/aromatic N) is 2. The second-order valence-electron chi connectivity index (χ2n) is 4.06. The Balaban J connectivity index is 2.20. The predicted octanol–water partition coefficient (Wildman–Crippen LogP) is 3.33. The molecule has 0 saturated carbocycles. The summed E-state index contributed by atoms with van der Waals surface area (Å²) in [7, 11) is 1.31. The number of carbonyl (C=O) groups excluding carboxylic acids is 1. The van der Waals surface area contributed by atoms with Crippen molar-refractivity contribution in [3.05, 3.63) is 46.3 Å². The van der Waals surface area contributed by atoms with Crippen LogP contribution < -0.4 is 5.32 Å². The highest BCUT2D eigenvalue weighted by Crippen LogP contribution is 2.24. The number of hydrogen-bond donors (Lipinski definition) is 1. The zero-order valence-electron chi connectivity index (χ0n) is 11.2. The van der Waals surface area contributed by atoms with Crippen LogP contribution in [0.3, 0.4) is 0 Å². The van der Waals surface area contributed by atoms with E-state index in [0.29, 0.717) is 5.82 Å². The molecule has 1 heterocycles. The zero-order chi connectivity index (χ0) is 14.5. The summed E-state index contributed by atoms with van der Waals surface area (Å²) >= 11 is 3.45. The summed E-state index contributed by atoms with van der Waals surface area (Å²) in [5.74, 6) is 0.0802. The molecule has 0 unspecified atom stereocenters. The van der Waals surface area contributed by atoms with Crippen molar-refractivity contribution >= 4 is 33.4 Å². The number of carbonyl (C=O) groups is 1. The molecule has 5 nitrogen and oxygen atoms in total. The van der Waals surface area contributed by atoms with Crippen molar-refractivity contribution in [3.8, 4) is 0 Å². The smallest absolute Gasteiger partial charge is 0.358 e. The first kappa shape index (κ1) is 14.5. The van der Waals surface area contributed by atoms with E-state index in [1.54, 1.807) is 0 Å². The molecule has 1 aromatic heterocycles. The van der Waals surface area contributed by atoms with E-state index in [1.165, 1.54) is 25.1 Å². The minimum Gasteiger partial charge on any atom is -0.464 e. The predicted molar refractivity (Wildman–Crippen MR) is 80.2 cm³/mol. The molecule has 20 heavy (non-hydrogen) atoms. The monoisotopic (exact) mass is 335 g/mol. The summed E-state index contributed by atoms with van der Waals surface area (Å²) < 4.78 is 5.61. The highest BCUT2D eigenvalue weighted by molar-refractivity contribution is 9.10. The lowest BCUT2D eigenvalue weighted by Crippen LogP contribution is -2.06. The van der Waals surface area contributed by atoms with Gasteiger partial charge in [-0.3, -0.25) is 0 Å². The molecule has 0 aliphatic rings. The lowest BCUT2D eigenvalue weighted by molar-refractivity contribution is 0.0593. The molecule has 2 rings (SSSR count). The maximum Gasteiger partial charge on any atom is 0.358 e. The Morgan fingerprint density at radius 2 is 2.15 bits per heavy atom. The number of benzene rings is 1. The number of rotatable bonds is 4. The first-order valence-electron chi connectivity index (χ1n) is 6.10. The van der Waals surface area contributed by atoms with Gasteiger partial charge in [-0.15, -0.1) is 0 Å². The average Bonchev–Trinajstić information content (AvgIpc) is 2.49. The quantitative estimate of drug-likeness (QED) is 0.868. The summed E-state index contributed by atoms with van der Waals surface area (Å²) in [5.41, 5.74) is 2.32. The van der Waals surface area contributed by atoms with E-state index in [2.05, 4.69) is 48.9 Å². The van der Waals surface area contributed by atoms with Gasteiger partial charge in [-0.25, -0.2) is 14.8 Å². The van der Waals surface area contributed by atoms with E-state index in [9.17, 15) is 4.79 Å². The molecule has 0 radical (unpaired) electrons. The number of hydrogen-bond acceptors (Lipinski definition) is 5. The van der Waals surface area contributed by atoms with Gasteiger partial charge in [0, 0.05) is 10.2 Å². The van der Waals surface area contributed by atoms with Gasteiger partial charge in [0.05, 0.1) is 19.5 Å². The molecule has 0 aliphatic carbocycles. The molecule has 1 N–H and O–H groups in total. The van der Waals surface area contributed by atoms with Gasteiger partial charge in [-0.05, 0) is 30.2 Å². The minimum atomic E-state index is -0.498. The van der Waals surface area contributed by atoms with Crippen LogP contribution in [0.25, 0.3) is 0 Å². The maximum atomic E-state index is 11.3. The van der Waals surface area contributed by atoms with Gasteiger partial charge in [0.1, 0.15) is 5.82 Å². The van der Waals surface area contributed by atoms with E-state index in [4.69, 9.17) is 0 Å². The van der Waals surface area contributed by atoms with E-state index in [1.807, 2.05) is 12.1 Å².